The Bertz CT molecular complexity index is 678. The fourth-order valence-electron chi connectivity index (χ4n) is 2.53. The van der Waals surface area contributed by atoms with Crippen molar-refractivity contribution in [1.82, 2.24) is 10.3 Å². The number of aromatic nitrogens is 1. The van der Waals surface area contributed by atoms with E-state index in [1.807, 2.05) is 18.2 Å². The van der Waals surface area contributed by atoms with Gasteiger partial charge in [0.25, 0.3) is 5.91 Å². The molecule has 0 radical (unpaired) electrons. The molecule has 114 valence electrons. The molecular weight excluding hydrogens is 288 g/mol. The number of hydrogen-bond donors (Lipinski definition) is 1. The van der Waals surface area contributed by atoms with Crippen LogP contribution < -0.4 is 10.2 Å². The molecule has 1 fully saturated rings. The molecule has 0 bridgehead atoms. The number of rotatable bonds is 3. The highest BCUT2D eigenvalue weighted by Gasteiger charge is 2.25. The molecule has 6 heteroatoms. The minimum absolute atomic E-state index is 0.0392. The SMILES string of the molecule is O=C(NC1CCN(c2ccccn2)C1)c1ccc(F)c(F)c1. The lowest BCUT2D eigenvalue weighted by molar-refractivity contribution is 0.0940. The Kier molecular flexibility index (Phi) is 4.00. The van der Waals surface area contributed by atoms with E-state index in [4.69, 9.17) is 0 Å². The third-order valence-corrected chi connectivity index (χ3v) is 3.68. The van der Waals surface area contributed by atoms with Gasteiger partial charge in [0.15, 0.2) is 11.6 Å². The minimum atomic E-state index is -1.02. The molecular formula is C16H15F2N3O. The Morgan fingerprint density at radius 2 is 2.09 bits per heavy atom. The van der Waals surface area contributed by atoms with Gasteiger partial charge in [-0.15, -0.1) is 0 Å². The quantitative estimate of drug-likeness (QED) is 0.947. The van der Waals surface area contributed by atoms with Crippen molar-refractivity contribution in [3.63, 3.8) is 0 Å². The first-order chi connectivity index (χ1) is 10.6. The predicted octanol–water partition coefficient (Wildman–Crippen LogP) is 2.37. The lowest BCUT2D eigenvalue weighted by Crippen LogP contribution is -2.37. The number of carbonyl (C=O) groups is 1. The summed E-state index contributed by atoms with van der Waals surface area (Å²) < 4.78 is 26.1. The van der Waals surface area contributed by atoms with Crippen LogP contribution in [0, 0.1) is 11.6 Å². The summed E-state index contributed by atoms with van der Waals surface area (Å²) in [4.78, 5) is 18.4. The topological polar surface area (TPSA) is 45.2 Å². The maximum Gasteiger partial charge on any atom is 0.251 e. The van der Waals surface area contributed by atoms with Gasteiger partial charge in [0.1, 0.15) is 5.82 Å². The molecule has 1 atom stereocenters. The first-order valence-electron chi connectivity index (χ1n) is 7.05. The van der Waals surface area contributed by atoms with Crippen molar-refractivity contribution in [2.45, 2.75) is 12.5 Å². The third-order valence-electron chi connectivity index (χ3n) is 3.68. The highest BCUT2D eigenvalue weighted by Crippen LogP contribution is 2.18. The van der Waals surface area contributed by atoms with Crippen LogP contribution in [0.4, 0.5) is 14.6 Å². The van der Waals surface area contributed by atoms with Gasteiger partial charge in [-0.25, -0.2) is 13.8 Å². The smallest absolute Gasteiger partial charge is 0.251 e. The number of nitrogens with one attached hydrogen (secondary N) is 1. The monoisotopic (exact) mass is 303 g/mol. The van der Waals surface area contributed by atoms with Gasteiger partial charge in [0, 0.05) is 30.9 Å². The van der Waals surface area contributed by atoms with Gasteiger partial charge in [0.05, 0.1) is 0 Å². The van der Waals surface area contributed by atoms with Crippen molar-refractivity contribution in [3.8, 4) is 0 Å². The van der Waals surface area contributed by atoms with Crippen molar-refractivity contribution < 1.29 is 13.6 Å². The average molecular weight is 303 g/mol. The molecule has 1 aliphatic rings. The second kappa shape index (κ2) is 6.09. The lowest BCUT2D eigenvalue weighted by Gasteiger charge is -2.17. The van der Waals surface area contributed by atoms with Gasteiger partial charge in [-0.3, -0.25) is 4.79 Å². The van der Waals surface area contributed by atoms with Gasteiger partial charge in [0.2, 0.25) is 0 Å². The number of nitrogens with zero attached hydrogens (tertiary/aromatic N) is 2. The molecule has 2 aromatic rings. The first-order valence-corrected chi connectivity index (χ1v) is 7.05. The molecule has 1 amide bonds. The minimum Gasteiger partial charge on any atom is -0.354 e. The molecule has 1 saturated heterocycles. The highest BCUT2D eigenvalue weighted by atomic mass is 19.2. The third kappa shape index (κ3) is 3.05. The van der Waals surface area contributed by atoms with E-state index in [1.54, 1.807) is 6.20 Å². The van der Waals surface area contributed by atoms with Crippen LogP contribution >= 0.6 is 0 Å². The molecule has 0 aliphatic carbocycles. The number of halogens is 2. The van der Waals surface area contributed by atoms with E-state index < -0.39 is 17.5 Å². The number of carbonyl (C=O) groups excluding carboxylic acids is 1. The van der Waals surface area contributed by atoms with Gasteiger partial charge in [-0.2, -0.15) is 0 Å². The molecule has 1 N–H and O–H groups in total. The zero-order valence-electron chi connectivity index (χ0n) is 11.8. The van der Waals surface area contributed by atoms with Crippen LogP contribution in [0.25, 0.3) is 0 Å². The summed E-state index contributed by atoms with van der Waals surface area (Å²) in [6, 6.07) is 8.79. The summed E-state index contributed by atoms with van der Waals surface area (Å²) in [5, 5.41) is 2.84. The predicted molar refractivity (Wildman–Crippen MR) is 78.7 cm³/mol. The number of benzene rings is 1. The standard InChI is InChI=1S/C16H15F2N3O/c17-13-5-4-11(9-14(13)18)16(22)20-12-6-8-21(10-12)15-3-1-2-7-19-15/h1-5,7,9,12H,6,8,10H2,(H,20,22). The van der Waals surface area contributed by atoms with Crippen LogP contribution in [-0.4, -0.2) is 30.0 Å². The van der Waals surface area contributed by atoms with Crippen molar-refractivity contribution in [2.24, 2.45) is 0 Å². The van der Waals surface area contributed by atoms with Crippen LogP contribution in [0.1, 0.15) is 16.8 Å². The molecule has 1 unspecified atom stereocenters. The maximum atomic E-state index is 13.2. The van der Waals surface area contributed by atoms with Crippen LogP contribution in [0.5, 0.6) is 0 Å². The number of pyridine rings is 1. The van der Waals surface area contributed by atoms with E-state index in [-0.39, 0.29) is 11.6 Å². The van der Waals surface area contributed by atoms with Gasteiger partial charge >= 0.3 is 0 Å². The Balaban J connectivity index is 1.62. The zero-order valence-corrected chi connectivity index (χ0v) is 11.8. The fraction of sp³-hybridized carbons (Fsp3) is 0.250. The van der Waals surface area contributed by atoms with Crippen molar-refractivity contribution in [1.29, 1.82) is 0 Å². The van der Waals surface area contributed by atoms with E-state index >= 15 is 0 Å². The zero-order chi connectivity index (χ0) is 15.5. The Hall–Kier alpha value is -2.50. The van der Waals surface area contributed by atoms with E-state index in [9.17, 15) is 13.6 Å². The van der Waals surface area contributed by atoms with Crippen molar-refractivity contribution in [3.05, 3.63) is 59.8 Å². The molecule has 1 aromatic carbocycles. The summed E-state index contributed by atoms with van der Waals surface area (Å²) in [6.45, 7) is 1.44. The molecule has 2 heterocycles. The van der Waals surface area contributed by atoms with E-state index in [0.717, 1.165) is 30.9 Å². The Morgan fingerprint density at radius 3 is 2.82 bits per heavy atom. The van der Waals surface area contributed by atoms with Gasteiger partial charge in [-0.1, -0.05) is 6.07 Å². The lowest BCUT2D eigenvalue weighted by atomic mass is 10.1. The Morgan fingerprint density at radius 1 is 1.23 bits per heavy atom. The van der Waals surface area contributed by atoms with Crippen LogP contribution in [0.15, 0.2) is 42.6 Å². The summed E-state index contributed by atoms with van der Waals surface area (Å²) in [7, 11) is 0. The number of hydrogen-bond acceptors (Lipinski definition) is 3. The number of anilines is 1. The molecule has 1 aliphatic heterocycles. The normalized spacial score (nSPS) is 17.5. The van der Waals surface area contributed by atoms with Crippen molar-refractivity contribution in [2.75, 3.05) is 18.0 Å². The first kappa shape index (κ1) is 14.4. The Labute approximate surface area is 126 Å². The number of amides is 1. The second-order valence-electron chi connectivity index (χ2n) is 5.22. The maximum absolute atomic E-state index is 13.2. The molecule has 3 rings (SSSR count). The molecule has 0 saturated carbocycles. The van der Waals surface area contributed by atoms with Crippen LogP contribution in [0.3, 0.4) is 0 Å². The van der Waals surface area contributed by atoms with Crippen LogP contribution in [0.2, 0.25) is 0 Å². The summed E-state index contributed by atoms with van der Waals surface area (Å²) >= 11 is 0. The van der Waals surface area contributed by atoms with Gasteiger partial charge < -0.3 is 10.2 Å². The summed E-state index contributed by atoms with van der Waals surface area (Å²) in [6.07, 6.45) is 2.51. The molecule has 4 nitrogen and oxygen atoms in total. The molecule has 22 heavy (non-hydrogen) atoms. The second-order valence-corrected chi connectivity index (χ2v) is 5.22. The van der Waals surface area contributed by atoms with Crippen LogP contribution in [-0.2, 0) is 0 Å². The summed E-state index contributed by atoms with van der Waals surface area (Å²) in [5.74, 6) is -1.51. The van der Waals surface area contributed by atoms with Gasteiger partial charge in [-0.05, 0) is 36.8 Å². The largest absolute Gasteiger partial charge is 0.354 e. The molecule has 0 spiro atoms. The molecule has 1 aromatic heterocycles. The van der Waals surface area contributed by atoms with E-state index in [0.29, 0.717) is 6.54 Å². The summed E-state index contributed by atoms with van der Waals surface area (Å²) in [5.41, 5.74) is 0.121. The highest BCUT2D eigenvalue weighted by molar-refractivity contribution is 5.94. The van der Waals surface area contributed by atoms with E-state index in [1.165, 1.54) is 6.07 Å². The van der Waals surface area contributed by atoms with Crippen molar-refractivity contribution >= 4 is 11.7 Å². The fourth-order valence-corrected chi connectivity index (χ4v) is 2.53. The average Bonchev–Trinajstić information content (AvgIpc) is 2.99. The van der Waals surface area contributed by atoms with E-state index in [2.05, 4.69) is 15.2 Å².